The summed E-state index contributed by atoms with van der Waals surface area (Å²) in [4.78, 5) is 16.9. The van der Waals surface area contributed by atoms with Crippen LogP contribution in [-0.4, -0.2) is 40.0 Å². The Labute approximate surface area is 203 Å². The Balaban J connectivity index is 1.79. The van der Waals surface area contributed by atoms with Crippen LogP contribution in [0.5, 0.6) is 0 Å². The summed E-state index contributed by atoms with van der Waals surface area (Å²) in [7, 11) is -7.65. The van der Waals surface area contributed by atoms with Crippen molar-refractivity contribution in [2.45, 2.75) is 24.3 Å². The van der Waals surface area contributed by atoms with Gasteiger partial charge >= 0.3 is 0 Å². The lowest BCUT2D eigenvalue weighted by Crippen LogP contribution is -2.47. The Morgan fingerprint density at radius 1 is 1.00 bits per heavy atom. The number of nitrogens with one attached hydrogen (secondary N) is 2. The van der Waals surface area contributed by atoms with Crippen LogP contribution in [0, 0.1) is 0 Å². The number of sulfonamides is 2. The molecular weight excluding hydrogens is 500 g/mol. The molecule has 0 saturated carbocycles. The standard InChI is InChI=1S/C22H23ClN4O5S2/c1-3-21(27(33(2,29)30)19-10-6-16(23)7-11-19)22(28)25-17-8-12-20(13-9-17)34(31,32)26-18-5-4-14-24-15-18/h4-15,21,26H,3H2,1-2H3,(H,25,28). The average molecular weight is 523 g/mol. The average Bonchev–Trinajstić information content (AvgIpc) is 2.78. The lowest BCUT2D eigenvalue weighted by molar-refractivity contribution is -0.117. The van der Waals surface area contributed by atoms with E-state index in [-0.39, 0.29) is 11.3 Å². The molecule has 0 aliphatic rings. The Bertz CT molecular complexity index is 1350. The van der Waals surface area contributed by atoms with E-state index in [0.29, 0.717) is 22.1 Å². The predicted octanol–water partition coefficient (Wildman–Crippen LogP) is 3.72. The zero-order chi connectivity index (χ0) is 24.9. The molecule has 1 heterocycles. The van der Waals surface area contributed by atoms with Crippen molar-refractivity contribution in [2.24, 2.45) is 0 Å². The number of hydrogen-bond acceptors (Lipinski definition) is 6. The number of anilines is 3. The molecule has 0 fully saturated rings. The molecule has 1 unspecified atom stereocenters. The molecule has 2 N–H and O–H groups in total. The van der Waals surface area contributed by atoms with Gasteiger partial charge in [0.05, 0.1) is 28.7 Å². The highest BCUT2D eigenvalue weighted by atomic mass is 35.5. The zero-order valence-electron chi connectivity index (χ0n) is 18.3. The minimum absolute atomic E-state index is 0.0136. The topological polar surface area (TPSA) is 126 Å². The lowest BCUT2D eigenvalue weighted by Gasteiger charge is -2.30. The molecule has 0 aliphatic carbocycles. The number of amides is 1. The van der Waals surface area contributed by atoms with E-state index < -0.39 is 32.0 Å². The van der Waals surface area contributed by atoms with E-state index in [0.717, 1.165) is 10.6 Å². The molecule has 3 aromatic rings. The van der Waals surface area contributed by atoms with Gasteiger partial charge in [-0.05, 0) is 67.1 Å². The van der Waals surface area contributed by atoms with E-state index >= 15 is 0 Å². The number of carbonyl (C=O) groups is 1. The first-order valence-corrected chi connectivity index (χ1v) is 13.8. The molecule has 1 atom stereocenters. The van der Waals surface area contributed by atoms with Gasteiger partial charge in [0.15, 0.2) is 0 Å². The number of nitrogens with zero attached hydrogens (tertiary/aromatic N) is 2. The van der Waals surface area contributed by atoms with Gasteiger partial charge in [0.25, 0.3) is 10.0 Å². The van der Waals surface area contributed by atoms with E-state index in [2.05, 4.69) is 15.0 Å². The SMILES string of the molecule is CCC(C(=O)Nc1ccc(S(=O)(=O)Nc2cccnc2)cc1)N(c1ccc(Cl)cc1)S(C)(=O)=O. The van der Waals surface area contributed by atoms with Crippen molar-refractivity contribution in [1.29, 1.82) is 0 Å². The maximum Gasteiger partial charge on any atom is 0.261 e. The minimum Gasteiger partial charge on any atom is -0.324 e. The van der Waals surface area contributed by atoms with Crippen LogP contribution in [0.4, 0.5) is 17.1 Å². The van der Waals surface area contributed by atoms with Crippen LogP contribution in [0.1, 0.15) is 13.3 Å². The fraction of sp³-hybridized carbons (Fsp3) is 0.182. The molecule has 12 heteroatoms. The number of rotatable bonds is 9. The molecule has 1 aromatic heterocycles. The minimum atomic E-state index is -3.85. The van der Waals surface area contributed by atoms with Gasteiger partial charge in [-0.15, -0.1) is 0 Å². The van der Waals surface area contributed by atoms with Crippen LogP contribution in [0.25, 0.3) is 0 Å². The molecule has 0 radical (unpaired) electrons. The third-order valence-corrected chi connectivity index (χ3v) is 7.59. The first kappa shape index (κ1) is 25.5. The van der Waals surface area contributed by atoms with Gasteiger partial charge in [-0.1, -0.05) is 18.5 Å². The highest BCUT2D eigenvalue weighted by Gasteiger charge is 2.31. The van der Waals surface area contributed by atoms with E-state index in [4.69, 9.17) is 11.6 Å². The molecule has 0 bridgehead atoms. The number of aromatic nitrogens is 1. The molecule has 0 spiro atoms. The van der Waals surface area contributed by atoms with Gasteiger partial charge in [-0.25, -0.2) is 16.8 Å². The van der Waals surface area contributed by atoms with Crippen LogP contribution in [-0.2, 0) is 24.8 Å². The van der Waals surface area contributed by atoms with Gasteiger partial charge in [0.1, 0.15) is 6.04 Å². The van der Waals surface area contributed by atoms with E-state index in [1.165, 1.54) is 48.8 Å². The van der Waals surface area contributed by atoms with Gasteiger partial charge < -0.3 is 5.32 Å². The van der Waals surface area contributed by atoms with Crippen molar-refractivity contribution >= 4 is 54.6 Å². The van der Waals surface area contributed by atoms with Crippen molar-refractivity contribution in [2.75, 3.05) is 20.6 Å². The van der Waals surface area contributed by atoms with Crippen molar-refractivity contribution in [3.05, 3.63) is 78.1 Å². The third kappa shape index (κ3) is 6.25. The van der Waals surface area contributed by atoms with Crippen LogP contribution in [0.15, 0.2) is 78.0 Å². The molecule has 3 rings (SSSR count). The second kappa shape index (κ2) is 10.4. The van der Waals surface area contributed by atoms with Crippen LogP contribution < -0.4 is 14.3 Å². The highest BCUT2D eigenvalue weighted by Crippen LogP contribution is 2.25. The van der Waals surface area contributed by atoms with Crippen LogP contribution >= 0.6 is 11.6 Å². The Morgan fingerprint density at radius 2 is 1.65 bits per heavy atom. The van der Waals surface area contributed by atoms with Gasteiger partial charge in [0, 0.05) is 16.9 Å². The van der Waals surface area contributed by atoms with E-state index in [1.807, 2.05) is 0 Å². The van der Waals surface area contributed by atoms with Crippen molar-refractivity contribution < 1.29 is 21.6 Å². The summed E-state index contributed by atoms with van der Waals surface area (Å²) in [5, 5.41) is 3.09. The summed E-state index contributed by atoms with van der Waals surface area (Å²) in [6.07, 6.45) is 4.12. The maximum atomic E-state index is 13.0. The summed E-state index contributed by atoms with van der Waals surface area (Å²) in [5.74, 6) is -0.563. The number of hydrogen-bond donors (Lipinski definition) is 2. The van der Waals surface area contributed by atoms with Gasteiger partial charge in [-0.3, -0.25) is 18.8 Å². The summed E-state index contributed by atoms with van der Waals surface area (Å²) >= 11 is 5.91. The van der Waals surface area contributed by atoms with Crippen molar-refractivity contribution in [3.63, 3.8) is 0 Å². The maximum absolute atomic E-state index is 13.0. The second-order valence-electron chi connectivity index (χ2n) is 7.32. The molecule has 9 nitrogen and oxygen atoms in total. The lowest BCUT2D eigenvalue weighted by atomic mass is 10.2. The number of pyridine rings is 1. The Morgan fingerprint density at radius 3 is 2.18 bits per heavy atom. The molecular formula is C22H23ClN4O5S2. The molecule has 34 heavy (non-hydrogen) atoms. The molecule has 0 aliphatic heterocycles. The smallest absolute Gasteiger partial charge is 0.261 e. The third-order valence-electron chi connectivity index (χ3n) is 4.76. The number of benzene rings is 2. The zero-order valence-corrected chi connectivity index (χ0v) is 20.7. The summed E-state index contributed by atoms with van der Waals surface area (Å²) in [6.45, 7) is 1.69. The molecule has 180 valence electrons. The Hall–Kier alpha value is -3.15. The second-order valence-corrected chi connectivity index (χ2v) is 11.3. The predicted molar refractivity (Wildman–Crippen MR) is 133 cm³/mol. The van der Waals surface area contributed by atoms with E-state index in [9.17, 15) is 21.6 Å². The van der Waals surface area contributed by atoms with Gasteiger partial charge in [0.2, 0.25) is 15.9 Å². The fourth-order valence-electron chi connectivity index (χ4n) is 3.23. The quantitative estimate of drug-likeness (QED) is 0.441. The Kier molecular flexibility index (Phi) is 7.80. The number of halogens is 1. The summed E-state index contributed by atoms with van der Waals surface area (Å²) < 4.78 is 53.6. The molecule has 0 saturated heterocycles. The fourth-order valence-corrected chi connectivity index (χ4v) is 5.61. The van der Waals surface area contributed by atoms with Crippen LogP contribution in [0.3, 0.4) is 0 Å². The normalized spacial score (nSPS) is 12.6. The first-order valence-electron chi connectivity index (χ1n) is 10.1. The highest BCUT2D eigenvalue weighted by molar-refractivity contribution is 7.92. The van der Waals surface area contributed by atoms with Crippen molar-refractivity contribution in [3.8, 4) is 0 Å². The first-order chi connectivity index (χ1) is 16.0. The summed E-state index contributed by atoms with van der Waals surface area (Å²) in [5.41, 5.74) is 0.930. The monoisotopic (exact) mass is 522 g/mol. The largest absolute Gasteiger partial charge is 0.324 e. The molecule has 1 amide bonds. The van der Waals surface area contributed by atoms with Crippen LogP contribution in [0.2, 0.25) is 5.02 Å². The molecule has 2 aromatic carbocycles. The van der Waals surface area contributed by atoms with E-state index in [1.54, 1.807) is 31.2 Å². The van der Waals surface area contributed by atoms with Gasteiger partial charge in [-0.2, -0.15) is 0 Å². The number of carbonyl (C=O) groups excluding carboxylic acids is 1. The van der Waals surface area contributed by atoms with Crippen molar-refractivity contribution in [1.82, 2.24) is 4.98 Å². The summed E-state index contributed by atoms with van der Waals surface area (Å²) in [6, 6.07) is 13.8.